The van der Waals surface area contributed by atoms with Gasteiger partial charge in [0.05, 0.1) is 0 Å². The molecule has 0 spiro atoms. The van der Waals surface area contributed by atoms with Crippen LogP contribution in [-0.4, -0.2) is 5.78 Å². The minimum Gasteiger partial charge on any atom is -0.299 e. The average Bonchev–Trinajstić information content (AvgIpc) is 2.39. The number of Topliss-reactive ketones (excluding diaryl/α,β-unsaturated/α-hetero) is 1. The molecule has 2 bridgehead atoms. The Hall–Kier alpha value is -0.590. The molecule has 0 heterocycles. The molecular weight excluding hydrogens is 136 g/mol. The molecule has 2 aliphatic rings. The summed E-state index contributed by atoms with van der Waals surface area (Å²) < 4.78 is 0. The van der Waals surface area contributed by atoms with E-state index in [1.807, 2.05) is 0 Å². The van der Waals surface area contributed by atoms with Crippen LogP contribution in [0.3, 0.4) is 0 Å². The summed E-state index contributed by atoms with van der Waals surface area (Å²) in [5.41, 5.74) is -0.0249. The topological polar surface area (TPSA) is 17.1 Å². The van der Waals surface area contributed by atoms with Crippen LogP contribution in [0, 0.1) is 11.3 Å². The zero-order valence-corrected chi connectivity index (χ0v) is 6.97. The maximum Gasteiger partial charge on any atom is 0.142 e. The Morgan fingerprint density at radius 2 is 2.55 bits per heavy atom. The van der Waals surface area contributed by atoms with Gasteiger partial charge in [0, 0.05) is 11.8 Å². The molecule has 0 aromatic heterocycles. The molecule has 2 atom stereocenters. The summed E-state index contributed by atoms with van der Waals surface area (Å²) in [5, 5.41) is 0. The molecule has 0 saturated heterocycles. The first-order chi connectivity index (χ1) is 5.27. The zero-order valence-electron chi connectivity index (χ0n) is 6.97. The Balaban J connectivity index is 2.31. The fraction of sp³-hybridized carbons (Fsp3) is 0.700. The number of carbonyl (C=O) groups excluding carboxylic acids is 1. The van der Waals surface area contributed by atoms with Gasteiger partial charge in [0.15, 0.2) is 0 Å². The van der Waals surface area contributed by atoms with Gasteiger partial charge in [0.2, 0.25) is 0 Å². The van der Waals surface area contributed by atoms with E-state index in [-0.39, 0.29) is 5.41 Å². The third-order valence-corrected chi connectivity index (χ3v) is 3.24. The molecular formula is C10H14O. The van der Waals surface area contributed by atoms with Crippen LogP contribution in [0.1, 0.15) is 32.6 Å². The Kier molecular flexibility index (Phi) is 1.41. The lowest BCUT2D eigenvalue weighted by atomic mass is 9.72. The smallest absolute Gasteiger partial charge is 0.142 e. The largest absolute Gasteiger partial charge is 0.299 e. The van der Waals surface area contributed by atoms with Crippen LogP contribution in [-0.2, 0) is 4.79 Å². The van der Waals surface area contributed by atoms with Crippen LogP contribution < -0.4 is 0 Å². The molecule has 1 heteroatoms. The van der Waals surface area contributed by atoms with Crippen molar-refractivity contribution in [1.29, 1.82) is 0 Å². The highest BCUT2D eigenvalue weighted by Crippen LogP contribution is 2.46. The van der Waals surface area contributed by atoms with Crippen LogP contribution in [0.5, 0.6) is 0 Å². The molecule has 1 nitrogen and oxygen atoms in total. The molecule has 0 aromatic rings. The monoisotopic (exact) mass is 150 g/mol. The highest BCUT2D eigenvalue weighted by atomic mass is 16.1. The van der Waals surface area contributed by atoms with E-state index in [1.165, 1.54) is 0 Å². The summed E-state index contributed by atoms with van der Waals surface area (Å²) in [6.07, 6.45) is 8.41. The number of ketones is 1. The molecule has 0 radical (unpaired) electrons. The summed E-state index contributed by atoms with van der Waals surface area (Å²) in [6, 6.07) is 0. The van der Waals surface area contributed by atoms with Crippen molar-refractivity contribution in [2.45, 2.75) is 32.6 Å². The number of hydrogen-bond donors (Lipinski definition) is 0. The highest BCUT2D eigenvalue weighted by molar-refractivity contribution is 5.88. The van der Waals surface area contributed by atoms with Gasteiger partial charge in [-0.3, -0.25) is 4.79 Å². The quantitative estimate of drug-likeness (QED) is 0.524. The molecule has 2 aliphatic carbocycles. The minimum absolute atomic E-state index is 0.0249. The number of fused-ring (bicyclic) bond motifs is 2. The SMILES string of the molecule is CCC12C=CC(CCC1=O)C2. The Bertz CT molecular complexity index is 217. The van der Waals surface area contributed by atoms with Crippen molar-refractivity contribution in [3.63, 3.8) is 0 Å². The summed E-state index contributed by atoms with van der Waals surface area (Å²) in [6.45, 7) is 2.12. The number of carbonyl (C=O) groups is 1. The Morgan fingerprint density at radius 1 is 1.73 bits per heavy atom. The van der Waals surface area contributed by atoms with Crippen molar-refractivity contribution < 1.29 is 4.79 Å². The maximum atomic E-state index is 11.6. The third kappa shape index (κ3) is 0.867. The maximum absolute atomic E-state index is 11.6. The highest BCUT2D eigenvalue weighted by Gasteiger charge is 2.42. The van der Waals surface area contributed by atoms with Gasteiger partial charge < -0.3 is 0 Å². The van der Waals surface area contributed by atoms with E-state index in [0.29, 0.717) is 11.7 Å². The average molecular weight is 150 g/mol. The van der Waals surface area contributed by atoms with Crippen LogP contribution in [0.2, 0.25) is 0 Å². The minimum atomic E-state index is -0.0249. The Labute approximate surface area is 67.5 Å². The molecule has 0 N–H and O–H groups in total. The molecule has 0 aliphatic heterocycles. The normalized spacial score (nSPS) is 41.5. The van der Waals surface area contributed by atoms with E-state index < -0.39 is 0 Å². The van der Waals surface area contributed by atoms with Gasteiger partial charge >= 0.3 is 0 Å². The van der Waals surface area contributed by atoms with Gasteiger partial charge in [-0.15, -0.1) is 0 Å². The lowest BCUT2D eigenvalue weighted by molar-refractivity contribution is -0.128. The summed E-state index contributed by atoms with van der Waals surface area (Å²) >= 11 is 0. The molecule has 0 amide bonds. The van der Waals surface area contributed by atoms with Crippen molar-refractivity contribution in [3.8, 4) is 0 Å². The van der Waals surface area contributed by atoms with E-state index in [4.69, 9.17) is 0 Å². The van der Waals surface area contributed by atoms with Crippen molar-refractivity contribution in [1.82, 2.24) is 0 Å². The predicted molar refractivity (Wildman–Crippen MR) is 44.2 cm³/mol. The van der Waals surface area contributed by atoms with Gasteiger partial charge in [0.1, 0.15) is 5.78 Å². The first kappa shape index (κ1) is 7.08. The van der Waals surface area contributed by atoms with Crippen molar-refractivity contribution >= 4 is 5.78 Å². The van der Waals surface area contributed by atoms with Gasteiger partial charge in [-0.1, -0.05) is 19.1 Å². The van der Waals surface area contributed by atoms with E-state index >= 15 is 0 Å². The zero-order chi connectivity index (χ0) is 7.90. The van der Waals surface area contributed by atoms with Crippen LogP contribution in [0.4, 0.5) is 0 Å². The van der Waals surface area contributed by atoms with E-state index in [1.54, 1.807) is 0 Å². The number of hydrogen-bond acceptors (Lipinski definition) is 1. The molecule has 2 unspecified atom stereocenters. The van der Waals surface area contributed by atoms with Crippen molar-refractivity contribution in [3.05, 3.63) is 12.2 Å². The van der Waals surface area contributed by atoms with Crippen LogP contribution in [0.25, 0.3) is 0 Å². The van der Waals surface area contributed by atoms with Crippen molar-refractivity contribution in [2.75, 3.05) is 0 Å². The summed E-state index contributed by atoms with van der Waals surface area (Å²) in [4.78, 5) is 11.6. The van der Waals surface area contributed by atoms with E-state index in [0.717, 1.165) is 25.7 Å². The molecule has 1 saturated carbocycles. The molecule has 1 fully saturated rings. The fourth-order valence-corrected chi connectivity index (χ4v) is 2.35. The van der Waals surface area contributed by atoms with Gasteiger partial charge in [0.25, 0.3) is 0 Å². The second-order valence-electron chi connectivity index (χ2n) is 3.79. The standard InChI is InChI=1S/C10H14O/c1-2-10-6-5-8(7-10)3-4-9(10)11/h5-6,8H,2-4,7H2,1H3. The second-order valence-corrected chi connectivity index (χ2v) is 3.79. The van der Waals surface area contributed by atoms with Crippen LogP contribution >= 0.6 is 0 Å². The molecule has 11 heavy (non-hydrogen) atoms. The number of rotatable bonds is 1. The molecule has 60 valence electrons. The lowest BCUT2D eigenvalue weighted by Crippen LogP contribution is -2.31. The first-order valence-electron chi connectivity index (χ1n) is 4.49. The van der Waals surface area contributed by atoms with Gasteiger partial charge in [-0.2, -0.15) is 0 Å². The number of allylic oxidation sites excluding steroid dienone is 2. The van der Waals surface area contributed by atoms with E-state index in [2.05, 4.69) is 19.1 Å². The van der Waals surface area contributed by atoms with Gasteiger partial charge in [-0.25, -0.2) is 0 Å². The third-order valence-electron chi connectivity index (χ3n) is 3.24. The predicted octanol–water partition coefficient (Wildman–Crippen LogP) is 2.32. The fourth-order valence-electron chi connectivity index (χ4n) is 2.35. The first-order valence-corrected chi connectivity index (χ1v) is 4.49. The van der Waals surface area contributed by atoms with Gasteiger partial charge in [-0.05, 0) is 25.2 Å². The molecule has 0 aromatic carbocycles. The second kappa shape index (κ2) is 2.20. The summed E-state index contributed by atoms with van der Waals surface area (Å²) in [5.74, 6) is 1.19. The Morgan fingerprint density at radius 3 is 3.18 bits per heavy atom. The molecule has 2 rings (SSSR count). The van der Waals surface area contributed by atoms with Crippen LogP contribution in [0.15, 0.2) is 12.2 Å². The van der Waals surface area contributed by atoms with E-state index in [9.17, 15) is 4.79 Å². The summed E-state index contributed by atoms with van der Waals surface area (Å²) in [7, 11) is 0. The lowest BCUT2D eigenvalue weighted by Gasteiger charge is -2.29. The van der Waals surface area contributed by atoms with Crippen molar-refractivity contribution in [2.24, 2.45) is 11.3 Å².